The summed E-state index contributed by atoms with van der Waals surface area (Å²) < 4.78 is 13.6. The molecule has 1 unspecified atom stereocenters. The van der Waals surface area contributed by atoms with E-state index in [9.17, 15) is 9.50 Å². The van der Waals surface area contributed by atoms with Gasteiger partial charge in [0.25, 0.3) is 0 Å². The van der Waals surface area contributed by atoms with E-state index in [1.54, 1.807) is 30.5 Å². The predicted octanol–water partition coefficient (Wildman–Crippen LogP) is 3.52. The molecule has 7 heteroatoms. The summed E-state index contributed by atoms with van der Waals surface area (Å²) in [4.78, 5) is 8.27. The Morgan fingerprint density at radius 2 is 2.10 bits per heavy atom. The smallest absolute Gasteiger partial charge is 0.191 e. The van der Waals surface area contributed by atoms with Crippen LogP contribution in [0.3, 0.4) is 0 Å². The van der Waals surface area contributed by atoms with E-state index >= 15 is 0 Å². The van der Waals surface area contributed by atoms with E-state index in [1.807, 2.05) is 0 Å². The van der Waals surface area contributed by atoms with Crippen molar-refractivity contribution in [2.45, 2.75) is 39.0 Å². The molecule has 0 spiro atoms. The van der Waals surface area contributed by atoms with E-state index in [0.717, 1.165) is 31.1 Å². The topological polar surface area (TPSA) is 59.9 Å². The van der Waals surface area contributed by atoms with Crippen LogP contribution in [0.1, 0.15) is 41.8 Å². The molecule has 1 saturated heterocycles. The van der Waals surface area contributed by atoms with Gasteiger partial charge in [-0.25, -0.2) is 4.39 Å². The van der Waals surface area contributed by atoms with Crippen molar-refractivity contribution in [1.82, 2.24) is 15.5 Å². The van der Waals surface area contributed by atoms with Crippen LogP contribution >= 0.6 is 11.3 Å². The number of aliphatic imine (C=N–C) groups is 1. The Morgan fingerprint density at radius 1 is 1.31 bits per heavy atom. The number of aliphatic hydroxyl groups excluding tert-OH is 1. The highest BCUT2D eigenvalue weighted by Crippen LogP contribution is 2.29. The number of thiophene rings is 1. The molecule has 158 valence electrons. The predicted molar refractivity (Wildman–Crippen MR) is 118 cm³/mol. The molecule has 3 rings (SSSR count). The lowest BCUT2D eigenvalue weighted by Gasteiger charge is -2.36. The lowest BCUT2D eigenvalue weighted by atomic mass is 9.97. The molecule has 1 aromatic carbocycles. The van der Waals surface area contributed by atoms with Gasteiger partial charge >= 0.3 is 0 Å². The maximum atomic E-state index is 13.6. The van der Waals surface area contributed by atoms with E-state index in [1.165, 1.54) is 23.8 Å². The Kier molecular flexibility index (Phi) is 8.03. The number of nitrogens with one attached hydrogen (secondary N) is 2. The molecule has 5 nitrogen and oxygen atoms in total. The lowest BCUT2D eigenvalue weighted by Crippen LogP contribution is -2.44. The summed E-state index contributed by atoms with van der Waals surface area (Å²) in [6, 6.07) is 9.44. The highest BCUT2D eigenvalue weighted by Gasteiger charge is 2.25. The van der Waals surface area contributed by atoms with Crippen molar-refractivity contribution in [3.05, 3.63) is 57.5 Å². The molecule has 3 N–H and O–H groups in total. The first-order valence-electron chi connectivity index (χ1n) is 10.2. The normalized spacial score (nSPS) is 17.3. The molecule has 1 aliphatic heterocycles. The van der Waals surface area contributed by atoms with Gasteiger partial charge in [0, 0.05) is 30.6 Å². The maximum Gasteiger partial charge on any atom is 0.191 e. The number of benzene rings is 1. The van der Waals surface area contributed by atoms with Gasteiger partial charge in [-0.05, 0) is 61.0 Å². The first-order chi connectivity index (χ1) is 14.1. The summed E-state index contributed by atoms with van der Waals surface area (Å²) in [5.74, 6) is 1.14. The van der Waals surface area contributed by atoms with Gasteiger partial charge in [0.15, 0.2) is 5.96 Å². The largest absolute Gasteiger partial charge is 0.392 e. The molecule has 1 atom stereocenters. The fourth-order valence-electron chi connectivity index (χ4n) is 3.69. The summed E-state index contributed by atoms with van der Waals surface area (Å²) in [7, 11) is 1.75. The first kappa shape index (κ1) is 21.7. The standard InChI is InChI=1S/C22H31FN4OS/c1-16-7-9-27(10-8-16)20(21-4-3-11-29-21)14-26-22(24-2)25-13-17-5-6-19(23)18(12-17)15-28/h3-6,11-12,16,20,28H,7-10,13-15H2,1-2H3,(H2,24,25,26). The van der Waals surface area contributed by atoms with Crippen LogP contribution in [0.15, 0.2) is 40.7 Å². The number of hydrogen-bond donors (Lipinski definition) is 3. The summed E-state index contributed by atoms with van der Waals surface area (Å²) in [6.45, 7) is 5.56. The van der Waals surface area contributed by atoms with Gasteiger partial charge in [-0.2, -0.15) is 0 Å². The number of halogens is 1. The van der Waals surface area contributed by atoms with Crippen molar-refractivity contribution >= 4 is 17.3 Å². The molecule has 0 aliphatic carbocycles. The van der Waals surface area contributed by atoms with Crippen molar-refractivity contribution in [3.8, 4) is 0 Å². The van der Waals surface area contributed by atoms with E-state index in [4.69, 9.17) is 0 Å². The molecule has 0 amide bonds. The Bertz CT molecular complexity index is 788. The van der Waals surface area contributed by atoms with Crippen LogP contribution in [-0.4, -0.2) is 42.6 Å². The second kappa shape index (κ2) is 10.7. The molecule has 1 fully saturated rings. The fraction of sp³-hybridized carbons (Fsp3) is 0.500. The van der Waals surface area contributed by atoms with Gasteiger partial charge < -0.3 is 15.7 Å². The van der Waals surface area contributed by atoms with Crippen LogP contribution in [0, 0.1) is 11.7 Å². The van der Waals surface area contributed by atoms with Gasteiger partial charge in [0.1, 0.15) is 5.82 Å². The lowest BCUT2D eigenvalue weighted by molar-refractivity contribution is 0.140. The minimum atomic E-state index is -0.381. The molecule has 0 saturated carbocycles. The van der Waals surface area contributed by atoms with Crippen LogP contribution in [0.5, 0.6) is 0 Å². The number of hydrogen-bond acceptors (Lipinski definition) is 4. The molecule has 1 aromatic heterocycles. The summed E-state index contributed by atoms with van der Waals surface area (Å²) >= 11 is 1.80. The zero-order chi connectivity index (χ0) is 20.6. The Morgan fingerprint density at radius 3 is 2.76 bits per heavy atom. The first-order valence-corrected chi connectivity index (χ1v) is 11.1. The van der Waals surface area contributed by atoms with E-state index in [-0.39, 0.29) is 12.4 Å². The number of aliphatic hydroxyl groups is 1. The van der Waals surface area contributed by atoms with Crippen molar-refractivity contribution in [2.75, 3.05) is 26.7 Å². The maximum absolute atomic E-state index is 13.6. The molecule has 2 heterocycles. The fourth-order valence-corrected chi connectivity index (χ4v) is 4.55. The monoisotopic (exact) mass is 418 g/mol. The second-order valence-corrected chi connectivity index (χ2v) is 8.62. The van der Waals surface area contributed by atoms with Crippen molar-refractivity contribution < 1.29 is 9.50 Å². The summed E-state index contributed by atoms with van der Waals surface area (Å²) in [5, 5.41) is 18.1. The number of likely N-dealkylation sites (tertiary alicyclic amines) is 1. The Balaban J connectivity index is 1.58. The highest BCUT2D eigenvalue weighted by atomic mass is 32.1. The molecule has 0 bridgehead atoms. The zero-order valence-corrected chi connectivity index (χ0v) is 18.0. The molecule has 29 heavy (non-hydrogen) atoms. The third kappa shape index (κ3) is 6.01. The summed E-state index contributed by atoms with van der Waals surface area (Å²) in [6.07, 6.45) is 2.49. The molecular weight excluding hydrogens is 387 g/mol. The third-order valence-corrected chi connectivity index (χ3v) is 6.53. The van der Waals surface area contributed by atoms with Gasteiger partial charge in [-0.3, -0.25) is 9.89 Å². The van der Waals surface area contributed by atoms with Crippen molar-refractivity contribution in [3.63, 3.8) is 0 Å². The van der Waals surface area contributed by atoms with E-state index in [0.29, 0.717) is 24.1 Å². The van der Waals surface area contributed by atoms with Crippen LogP contribution in [-0.2, 0) is 13.2 Å². The zero-order valence-electron chi connectivity index (χ0n) is 17.2. The average molecular weight is 419 g/mol. The van der Waals surface area contributed by atoms with Crippen LogP contribution in [0.2, 0.25) is 0 Å². The van der Waals surface area contributed by atoms with Gasteiger partial charge in [0.2, 0.25) is 0 Å². The second-order valence-electron chi connectivity index (χ2n) is 7.64. The molecular formula is C22H31FN4OS. The van der Waals surface area contributed by atoms with Gasteiger partial charge in [-0.15, -0.1) is 11.3 Å². The third-order valence-electron chi connectivity index (χ3n) is 5.56. The summed E-state index contributed by atoms with van der Waals surface area (Å²) in [5.41, 5.74) is 1.21. The molecule has 1 aliphatic rings. The quantitative estimate of drug-likeness (QED) is 0.476. The van der Waals surface area contributed by atoms with Crippen molar-refractivity contribution in [2.24, 2.45) is 10.9 Å². The highest BCUT2D eigenvalue weighted by molar-refractivity contribution is 7.10. The number of piperidine rings is 1. The average Bonchev–Trinajstić information content (AvgIpc) is 3.27. The van der Waals surface area contributed by atoms with Crippen LogP contribution in [0.4, 0.5) is 4.39 Å². The van der Waals surface area contributed by atoms with E-state index in [2.05, 4.69) is 45.0 Å². The SMILES string of the molecule is CN=C(NCc1ccc(F)c(CO)c1)NCC(c1cccs1)N1CCC(C)CC1. The number of nitrogens with zero attached hydrogens (tertiary/aromatic N) is 2. The Labute approximate surface area is 176 Å². The number of rotatable bonds is 7. The van der Waals surface area contributed by atoms with E-state index < -0.39 is 0 Å². The minimum absolute atomic E-state index is 0.302. The van der Waals surface area contributed by atoms with Gasteiger partial charge in [-0.1, -0.05) is 19.1 Å². The van der Waals surface area contributed by atoms with Gasteiger partial charge in [0.05, 0.1) is 12.6 Å². The van der Waals surface area contributed by atoms with Crippen molar-refractivity contribution in [1.29, 1.82) is 0 Å². The minimum Gasteiger partial charge on any atom is -0.392 e. The number of guanidine groups is 1. The van der Waals surface area contributed by atoms with Crippen LogP contribution < -0.4 is 10.6 Å². The Hall–Kier alpha value is -1.96. The van der Waals surface area contributed by atoms with Crippen LogP contribution in [0.25, 0.3) is 0 Å². The molecule has 0 radical (unpaired) electrons. The molecule has 2 aromatic rings.